The van der Waals surface area contributed by atoms with E-state index in [1.54, 1.807) is 20.3 Å². The minimum absolute atomic E-state index is 0.655. The molecule has 0 saturated carbocycles. The number of aryl methyl sites for hydroxylation is 4. The second-order valence-corrected chi connectivity index (χ2v) is 9.62. The Morgan fingerprint density at radius 2 is 1.60 bits per heavy atom. The first kappa shape index (κ1) is 23.6. The number of nitrogens with zero attached hydrogens (tertiary/aromatic N) is 3. The van der Waals surface area contributed by atoms with Crippen molar-refractivity contribution in [3.63, 3.8) is 0 Å². The van der Waals surface area contributed by atoms with E-state index in [-0.39, 0.29) is 0 Å². The average Bonchev–Trinajstić information content (AvgIpc) is 3.37. The second kappa shape index (κ2) is 9.14. The van der Waals surface area contributed by atoms with E-state index >= 15 is 0 Å². The van der Waals surface area contributed by atoms with Crippen LogP contribution in [0.1, 0.15) is 22.6 Å². The van der Waals surface area contributed by atoms with Crippen molar-refractivity contribution in [2.24, 2.45) is 0 Å². The molecule has 3 aromatic heterocycles. The zero-order chi connectivity index (χ0) is 24.9. The van der Waals surface area contributed by atoms with Crippen LogP contribution < -0.4 is 9.47 Å². The molecular weight excluding hydrogens is 481 g/mol. The number of aromatic nitrogens is 3. The largest absolute Gasteiger partial charge is 0.493 e. The SMILES string of the molecule is COc1ccc(CCn2c(C)c3c(C)nn4cc(-c5cc(Cl)ccc5Cl)cc4c3c2C)cc1OC. The molecule has 0 aliphatic carbocycles. The van der Waals surface area contributed by atoms with Gasteiger partial charge in [-0.1, -0.05) is 29.3 Å². The molecule has 0 aliphatic heterocycles. The molecule has 5 aromatic rings. The summed E-state index contributed by atoms with van der Waals surface area (Å²) in [5.41, 5.74) is 7.58. The smallest absolute Gasteiger partial charge is 0.160 e. The Morgan fingerprint density at radius 1 is 0.857 bits per heavy atom. The van der Waals surface area contributed by atoms with E-state index in [2.05, 4.69) is 37.5 Å². The number of halogens is 2. The molecule has 0 aliphatic rings. The van der Waals surface area contributed by atoms with E-state index in [1.165, 1.54) is 27.7 Å². The Bertz CT molecular complexity index is 1580. The first-order valence-electron chi connectivity index (χ1n) is 11.5. The van der Waals surface area contributed by atoms with Crippen LogP contribution in [0.2, 0.25) is 10.0 Å². The molecular formula is C28H27Cl2N3O2. The summed E-state index contributed by atoms with van der Waals surface area (Å²) in [6.45, 7) is 7.27. The molecule has 3 heterocycles. The van der Waals surface area contributed by atoms with Crippen molar-refractivity contribution in [2.75, 3.05) is 14.2 Å². The van der Waals surface area contributed by atoms with E-state index in [4.69, 9.17) is 37.8 Å². The van der Waals surface area contributed by atoms with E-state index in [0.717, 1.165) is 46.8 Å². The van der Waals surface area contributed by atoms with Crippen LogP contribution >= 0.6 is 23.2 Å². The highest BCUT2D eigenvalue weighted by Gasteiger charge is 2.19. The summed E-state index contributed by atoms with van der Waals surface area (Å²) >= 11 is 12.8. The molecule has 0 amide bonds. The normalized spacial score (nSPS) is 11.5. The lowest BCUT2D eigenvalue weighted by atomic mass is 10.1. The van der Waals surface area contributed by atoms with Crippen LogP contribution in [0.15, 0.2) is 48.7 Å². The van der Waals surface area contributed by atoms with Gasteiger partial charge < -0.3 is 14.0 Å². The molecule has 7 heteroatoms. The number of hydrogen-bond donors (Lipinski definition) is 0. The predicted octanol–water partition coefficient (Wildman–Crippen LogP) is 7.45. The van der Waals surface area contributed by atoms with Gasteiger partial charge >= 0.3 is 0 Å². The molecule has 0 bridgehead atoms. The van der Waals surface area contributed by atoms with E-state index in [9.17, 15) is 0 Å². The Hall–Kier alpha value is -3.15. The molecule has 0 spiro atoms. The summed E-state index contributed by atoms with van der Waals surface area (Å²) in [5.74, 6) is 1.49. The highest BCUT2D eigenvalue weighted by Crippen LogP contribution is 2.37. The number of methoxy groups -OCH3 is 2. The summed E-state index contributed by atoms with van der Waals surface area (Å²) in [4.78, 5) is 0. The lowest BCUT2D eigenvalue weighted by molar-refractivity contribution is 0.354. The standard InChI is InChI=1S/C28H27Cl2N3O2/c1-16-27-17(2)32(11-10-19-6-9-25(34-4)26(12-19)35-5)18(3)28(27)24-13-20(15-33(24)31-16)22-14-21(29)7-8-23(22)30/h6-9,12-15H,10-11H2,1-5H3. The van der Waals surface area contributed by atoms with Crippen LogP contribution in [0.4, 0.5) is 0 Å². The summed E-state index contributed by atoms with van der Waals surface area (Å²) in [7, 11) is 3.32. The van der Waals surface area contributed by atoms with E-state index in [0.29, 0.717) is 10.0 Å². The Labute approximate surface area is 214 Å². The van der Waals surface area contributed by atoms with E-state index in [1.807, 2.05) is 35.0 Å². The van der Waals surface area contributed by atoms with Crippen molar-refractivity contribution in [3.8, 4) is 22.6 Å². The summed E-state index contributed by atoms with van der Waals surface area (Å²) in [5, 5.41) is 8.61. The molecule has 0 N–H and O–H groups in total. The molecule has 0 unspecified atom stereocenters. The van der Waals surface area contributed by atoms with Gasteiger partial charge in [-0.3, -0.25) is 0 Å². The van der Waals surface area contributed by atoms with Crippen molar-refractivity contribution in [1.82, 2.24) is 14.2 Å². The van der Waals surface area contributed by atoms with Crippen LogP contribution in [0, 0.1) is 20.8 Å². The van der Waals surface area contributed by atoms with Crippen molar-refractivity contribution < 1.29 is 9.47 Å². The van der Waals surface area contributed by atoms with Gasteiger partial charge in [-0.2, -0.15) is 5.10 Å². The maximum atomic E-state index is 6.50. The van der Waals surface area contributed by atoms with Gasteiger partial charge in [0.1, 0.15) is 0 Å². The summed E-state index contributed by atoms with van der Waals surface area (Å²) in [6, 6.07) is 13.8. The van der Waals surface area contributed by atoms with Crippen LogP contribution in [0.5, 0.6) is 11.5 Å². The maximum absolute atomic E-state index is 6.50. The third-order valence-corrected chi connectivity index (χ3v) is 7.34. The fourth-order valence-corrected chi connectivity index (χ4v) is 5.45. The van der Waals surface area contributed by atoms with Gasteiger partial charge in [-0.15, -0.1) is 0 Å². The molecule has 0 fully saturated rings. The highest BCUT2D eigenvalue weighted by atomic mass is 35.5. The Balaban J connectivity index is 1.59. The summed E-state index contributed by atoms with van der Waals surface area (Å²) < 4.78 is 15.2. The molecule has 180 valence electrons. The third kappa shape index (κ3) is 4.03. The fraction of sp³-hybridized carbons (Fsp3) is 0.250. The van der Waals surface area contributed by atoms with Gasteiger partial charge in [0.25, 0.3) is 0 Å². The topological polar surface area (TPSA) is 40.7 Å². The Kier molecular flexibility index (Phi) is 6.16. The van der Waals surface area contributed by atoms with Crippen molar-refractivity contribution in [1.29, 1.82) is 0 Å². The van der Waals surface area contributed by atoms with Crippen molar-refractivity contribution >= 4 is 39.5 Å². The fourth-order valence-electron chi connectivity index (χ4n) is 5.05. The monoisotopic (exact) mass is 507 g/mol. The zero-order valence-corrected chi connectivity index (χ0v) is 22.0. The lowest BCUT2D eigenvalue weighted by Gasteiger charge is -2.12. The molecule has 0 atom stereocenters. The first-order valence-corrected chi connectivity index (χ1v) is 12.2. The average molecular weight is 508 g/mol. The molecule has 2 aromatic carbocycles. The number of hydrogen-bond acceptors (Lipinski definition) is 3. The number of benzene rings is 2. The molecule has 0 radical (unpaired) electrons. The Morgan fingerprint density at radius 3 is 2.34 bits per heavy atom. The minimum Gasteiger partial charge on any atom is -0.493 e. The van der Waals surface area contributed by atoms with Crippen molar-refractivity contribution in [2.45, 2.75) is 33.7 Å². The van der Waals surface area contributed by atoms with E-state index < -0.39 is 0 Å². The van der Waals surface area contributed by atoms with Crippen LogP contribution in [0.25, 0.3) is 27.4 Å². The molecule has 0 saturated heterocycles. The molecule has 5 nitrogen and oxygen atoms in total. The van der Waals surface area contributed by atoms with Gasteiger partial charge in [0.15, 0.2) is 11.5 Å². The van der Waals surface area contributed by atoms with Gasteiger partial charge in [0, 0.05) is 56.1 Å². The molecule has 35 heavy (non-hydrogen) atoms. The van der Waals surface area contributed by atoms with Crippen LogP contribution in [-0.4, -0.2) is 28.4 Å². The zero-order valence-electron chi connectivity index (χ0n) is 20.4. The van der Waals surface area contributed by atoms with Gasteiger partial charge in [-0.25, -0.2) is 4.52 Å². The minimum atomic E-state index is 0.655. The van der Waals surface area contributed by atoms with Gasteiger partial charge in [0.05, 0.1) is 25.4 Å². The van der Waals surface area contributed by atoms with Gasteiger partial charge in [0.2, 0.25) is 0 Å². The van der Waals surface area contributed by atoms with Crippen molar-refractivity contribution in [3.05, 3.63) is 81.4 Å². The van der Waals surface area contributed by atoms with Crippen LogP contribution in [-0.2, 0) is 13.0 Å². The number of fused-ring (bicyclic) bond motifs is 3. The second-order valence-electron chi connectivity index (χ2n) is 8.78. The number of ether oxygens (including phenoxy) is 2. The van der Waals surface area contributed by atoms with Crippen LogP contribution in [0.3, 0.4) is 0 Å². The third-order valence-electron chi connectivity index (χ3n) is 6.77. The lowest BCUT2D eigenvalue weighted by Crippen LogP contribution is -2.05. The quantitative estimate of drug-likeness (QED) is 0.239. The summed E-state index contributed by atoms with van der Waals surface area (Å²) in [6.07, 6.45) is 2.89. The molecule has 5 rings (SSSR count). The highest BCUT2D eigenvalue weighted by molar-refractivity contribution is 6.35. The predicted molar refractivity (Wildman–Crippen MR) is 144 cm³/mol. The maximum Gasteiger partial charge on any atom is 0.160 e. The van der Waals surface area contributed by atoms with Gasteiger partial charge in [-0.05, 0) is 69.2 Å². The number of rotatable bonds is 6. The first-order chi connectivity index (χ1) is 16.8.